The van der Waals surface area contributed by atoms with Gasteiger partial charge in [0, 0.05) is 22.2 Å². The summed E-state index contributed by atoms with van der Waals surface area (Å²) in [6, 6.07) is 25.0. The van der Waals surface area contributed by atoms with Crippen LogP contribution in [0.15, 0.2) is 84.0 Å². The molecule has 144 valence electrons. The fourth-order valence-corrected chi connectivity index (χ4v) is 4.60. The number of nitrogens with one attached hydrogen (secondary N) is 1. The Morgan fingerprint density at radius 2 is 1.69 bits per heavy atom. The highest BCUT2D eigenvalue weighted by molar-refractivity contribution is 6.31. The first-order valence-electron chi connectivity index (χ1n) is 9.79. The van der Waals surface area contributed by atoms with Crippen molar-refractivity contribution in [2.45, 2.75) is 18.9 Å². The molecule has 0 radical (unpaired) electrons. The van der Waals surface area contributed by atoms with Crippen LogP contribution in [0.25, 0.3) is 0 Å². The Kier molecular flexibility index (Phi) is 4.57. The molecule has 0 bridgehead atoms. The lowest BCUT2D eigenvalue weighted by Gasteiger charge is -2.30. The molecule has 1 aliphatic carbocycles. The van der Waals surface area contributed by atoms with Crippen LogP contribution in [-0.4, -0.2) is 16.8 Å². The summed E-state index contributed by atoms with van der Waals surface area (Å²) in [5.41, 5.74) is 5.06. The predicted molar refractivity (Wildman–Crippen MR) is 116 cm³/mol. The van der Waals surface area contributed by atoms with Crippen LogP contribution in [0.5, 0.6) is 0 Å². The Morgan fingerprint density at radius 1 is 0.966 bits per heavy atom. The summed E-state index contributed by atoms with van der Waals surface area (Å²) >= 11 is 6.56. The monoisotopic (exact) mass is 401 g/mol. The highest BCUT2D eigenvalue weighted by atomic mass is 35.5. The maximum Gasteiger partial charge on any atom is 0.342 e. The van der Waals surface area contributed by atoms with Crippen LogP contribution in [0.4, 0.5) is 10.5 Å². The van der Waals surface area contributed by atoms with E-state index >= 15 is 0 Å². The number of hydrogen-bond acceptors (Lipinski definition) is 2. The number of halogens is 1. The van der Waals surface area contributed by atoms with E-state index in [2.05, 4.69) is 23.5 Å². The van der Waals surface area contributed by atoms with Crippen molar-refractivity contribution < 1.29 is 4.79 Å². The number of urea groups is 1. The molecule has 0 spiro atoms. The number of nitrogens with zero attached hydrogens (tertiary/aromatic N) is 2. The zero-order chi connectivity index (χ0) is 19.8. The number of hydrogen-bond donors (Lipinski definition) is 1. The molecule has 1 N–H and O–H groups in total. The minimum atomic E-state index is -0.250. The number of aryl methyl sites for hydroxylation is 1. The molecule has 1 aliphatic heterocycles. The minimum Gasteiger partial charge on any atom is -0.306 e. The quantitative estimate of drug-likeness (QED) is 0.571. The number of amides is 2. The number of carbonyl (C=O) groups is 1. The van der Waals surface area contributed by atoms with Crippen molar-refractivity contribution in [1.29, 1.82) is 0 Å². The Hall–Kier alpha value is -3.11. The summed E-state index contributed by atoms with van der Waals surface area (Å²) in [7, 11) is 0. The van der Waals surface area contributed by atoms with Crippen LogP contribution in [0.1, 0.15) is 29.2 Å². The molecule has 0 saturated heterocycles. The van der Waals surface area contributed by atoms with Gasteiger partial charge >= 0.3 is 6.03 Å². The minimum absolute atomic E-state index is 0.117. The third-order valence-corrected chi connectivity index (χ3v) is 6.03. The average molecular weight is 402 g/mol. The second-order valence-electron chi connectivity index (χ2n) is 7.39. The third kappa shape index (κ3) is 3.19. The lowest BCUT2D eigenvalue weighted by atomic mass is 9.77. The fourth-order valence-electron chi connectivity index (χ4n) is 4.36. The smallest absolute Gasteiger partial charge is 0.306 e. The van der Waals surface area contributed by atoms with Crippen molar-refractivity contribution in [3.05, 3.63) is 101 Å². The van der Waals surface area contributed by atoms with Crippen LogP contribution >= 0.6 is 11.6 Å². The SMILES string of the molecule is O=C(Nc1ccccc1)N1N=C2c3ccccc3CC[C@H]2[C@@H]1c1ccccc1Cl. The Labute approximate surface area is 174 Å². The van der Waals surface area contributed by atoms with Crippen molar-refractivity contribution in [3.8, 4) is 0 Å². The summed E-state index contributed by atoms with van der Waals surface area (Å²) in [4.78, 5) is 13.2. The van der Waals surface area contributed by atoms with Gasteiger partial charge in [-0.15, -0.1) is 0 Å². The number of para-hydroxylation sites is 1. The maximum absolute atomic E-state index is 13.2. The lowest BCUT2D eigenvalue weighted by Crippen LogP contribution is -2.35. The van der Waals surface area contributed by atoms with Crippen molar-refractivity contribution in [2.75, 3.05) is 5.32 Å². The van der Waals surface area contributed by atoms with Crippen molar-refractivity contribution >= 4 is 29.0 Å². The predicted octanol–water partition coefficient (Wildman–Crippen LogP) is 5.90. The van der Waals surface area contributed by atoms with E-state index in [1.807, 2.05) is 60.7 Å². The highest BCUT2D eigenvalue weighted by Crippen LogP contribution is 2.45. The van der Waals surface area contributed by atoms with Crippen LogP contribution in [0.3, 0.4) is 0 Å². The maximum atomic E-state index is 13.2. The average Bonchev–Trinajstić information content (AvgIpc) is 3.15. The van der Waals surface area contributed by atoms with Crippen LogP contribution < -0.4 is 5.32 Å². The van der Waals surface area contributed by atoms with Gasteiger partial charge in [-0.25, -0.2) is 9.80 Å². The van der Waals surface area contributed by atoms with Gasteiger partial charge < -0.3 is 5.32 Å². The summed E-state index contributed by atoms with van der Waals surface area (Å²) in [6.45, 7) is 0. The number of anilines is 1. The molecule has 2 atom stereocenters. The molecule has 4 nitrogen and oxygen atoms in total. The van der Waals surface area contributed by atoms with Gasteiger partial charge in [-0.3, -0.25) is 0 Å². The van der Waals surface area contributed by atoms with E-state index in [9.17, 15) is 4.79 Å². The van der Waals surface area contributed by atoms with Gasteiger partial charge in [0.15, 0.2) is 0 Å². The number of benzene rings is 3. The summed E-state index contributed by atoms with van der Waals surface area (Å²) in [5, 5.41) is 10.0. The highest BCUT2D eigenvalue weighted by Gasteiger charge is 2.44. The first-order chi connectivity index (χ1) is 14.2. The molecule has 5 heteroatoms. The molecule has 3 aromatic carbocycles. The number of carbonyl (C=O) groups excluding carboxylic acids is 1. The van der Waals surface area contributed by atoms with Gasteiger partial charge in [-0.2, -0.15) is 5.10 Å². The zero-order valence-corrected chi connectivity index (χ0v) is 16.5. The Balaban J connectivity index is 1.57. The van der Waals surface area contributed by atoms with E-state index in [1.54, 1.807) is 5.01 Å². The lowest BCUT2D eigenvalue weighted by molar-refractivity contribution is 0.188. The van der Waals surface area contributed by atoms with Crippen molar-refractivity contribution in [2.24, 2.45) is 11.0 Å². The van der Waals surface area contributed by atoms with E-state index in [0.29, 0.717) is 5.02 Å². The van der Waals surface area contributed by atoms with Crippen molar-refractivity contribution in [1.82, 2.24) is 5.01 Å². The van der Waals surface area contributed by atoms with Crippen LogP contribution in [-0.2, 0) is 6.42 Å². The summed E-state index contributed by atoms with van der Waals surface area (Å²) in [6.07, 6.45) is 1.90. The van der Waals surface area contributed by atoms with E-state index in [4.69, 9.17) is 16.7 Å². The molecular weight excluding hydrogens is 382 g/mol. The first-order valence-corrected chi connectivity index (χ1v) is 10.2. The van der Waals surface area contributed by atoms with E-state index in [-0.39, 0.29) is 18.0 Å². The normalized spacial score (nSPS) is 19.9. The van der Waals surface area contributed by atoms with E-state index in [1.165, 1.54) is 5.56 Å². The molecule has 2 aliphatic rings. The van der Waals surface area contributed by atoms with Crippen LogP contribution in [0.2, 0.25) is 5.02 Å². The van der Waals surface area contributed by atoms with E-state index in [0.717, 1.165) is 35.4 Å². The Bertz CT molecular complexity index is 1100. The van der Waals surface area contributed by atoms with Gasteiger partial charge in [0.25, 0.3) is 0 Å². The second kappa shape index (κ2) is 7.37. The molecule has 3 aromatic rings. The molecule has 0 saturated carbocycles. The van der Waals surface area contributed by atoms with Gasteiger partial charge in [0.05, 0.1) is 11.8 Å². The topological polar surface area (TPSA) is 44.7 Å². The van der Waals surface area contributed by atoms with E-state index < -0.39 is 0 Å². The Morgan fingerprint density at radius 3 is 2.52 bits per heavy atom. The van der Waals surface area contributed by atoms with Gasteiger partial charge in [-0.05, 0) is 42.2 Å². The molecule has 29 heavy (non-hydrogen) atoms. The zero-order valence-electron chi connectivity index (χ0n) is 15.8. The van der Waals surface area contributed by atoms with Crippen LogP contribution in [0, 0.1) is 5.92 Å². The molecule has 0 aromatic heterocycles. The largest absolute Gasteiger partial charge is 0.342 e. The third-order valence-electron chi connectivity index (χ3n) is 5.69. The first kappa shape index (κ1) is 18.0. The molecule has 2 amide bonds. The van der Waals surface area contributed by atoms with Gasteiger partial charge in [0.1, 0.15) is 0 Å². The molecular formula is C24H20ClN3O. The molecule has 0 unspecified atom stereocenters. The fraction of sp³-hybridized carbons (Fsp3) is 0.167. The van der Waals surface area contributed by atoms with Gasteiger partial charge in [-0.1, -0.05) is 72.3 Å². The number of fused-ring (bicyclic) bond motifs is 3. The van der Waals surface area contributed by atoms with Gasteiger partial charge in [0.2, 0.25) is 0 Å². The summed E-state index contributed by atoms with van der Waals surface area (Å²) in [5.74, 6) is 0.117. The number of rotatable bonds is 2. The second-order valence-corrected chi connectivity index (χ2v) is 7.80. The van der Waals surface area contributed by atoms with Crippen molar-refractivity contribution in [3.63, 3.8) is 0 Å². The molecule has 5 rings (SSSR count). The number of hydrazone groups is 1. The summed E-state index contributed by atoms with van der Waals surface area (Å²) < 4.78 is 0. The standard InChI is InChI=1S/C24H20ClN3O/c25-21-13-7-6-12-19(21)23-20-15-14-16-8-4-5-11-18(16)22(20)27-28(23)24(29)26-17-9-2-1-3-10-17/h1-13,20,23H,14-15H2,(H,26,29)/t20-,23+/m1/s1. The molecule has 1 heterocycles. The molecule has 0 fully saturated rings.